The smallest absolute Gasteiger partial charge is 0.134 e. The number of methoxy groups -OCH3 is 1. The Labute approximate surface area is 100 Å². The van der Waals surface area contributed by atoms with Crippen molar-refractivity contribution in [1.29, 1.82) is 0 Å². The number of ketones is 1. The Morgan fingerprint density at radius 3 is 3.06 bits per heavy atom. The van der Waals surface area contributed by atoms with E-state index in [1.807, 2.05) is 18.2 Å². The monoisotopic (exact) mass is 236 g/mol. The summed E-state index contributed by atoms with van der Waals surface area (Å²) in [5, 5.41) is 0.452. The zero-order valence-corrected chi connectivity index (χ0v) is 10.3. The highest BCUT2D eigenvalue weighted by molar-refractivity contribution is 8.00. The van der Waals surface area contributed by atoms with Crippen LogP contribution in [0.4, 0.5) is 0 Å². The molecule has 1 aliphatic carbocycles. The van der Waals surface area contributed by atoms with Crippen LogP contribution in [0.3, 0.4) is 0 Å². The number of rotatable bonds is 3. The number of benzene rings is 1. The summed E-state index contributed by atoms with van der Waals surface area (Å²) in [6, 6.07) is 8.04. The van der Waals surface area contributed by atoms with Crippen LogP contribution < -0.4 is 4.74 Å². The first-order chi connectivity index (χ1) is 7.78. The van der Waals surface area contributed by atoms with Gasteiger partial charge in [-0.2, -0.15) is 0 Å². The molecule has 0 bridgehead atoms. The van der Waals surface area contributed by atoms with Gasteiger partial charge in [-0.1, -0.05) is 6.07 Å². The molecule has 0 aliphatic heterocycles. The van der Waals surface area contributed by atoms with Gasteiger partial charge in [-0.3, -0.25) is 4.79 Å². The van der Waals surface area contributed by atoms with E-state index in [1.165, 1.54) is 4.90 Å². The van der Waals surface area contributed by atoms with Crippen LogP contribution in [0.15, 0.2) is 29.2 Å². The normalized spacial score (nSPS) is 20.8. The summed E-state index contributed by atoms with van der Waals surface area (Å²) < 4.78 is 5.18. The predicted octanol–water partition coefficient (Wildman–Crippen LogP) is 3.30. The van der Waals surface area contributed by atoms with Crippen LogP contribution in [0.25, 0.3) is 0 Å². The van der Waals surface area contributed by atoms with Crippen molar-refractivity contribution in [2.75, 3.05) is 7.11 Å². The molecule has 1 aromatic carbocycles. The van der Waals surface area contributed by atoms with E-state index in [4.69, 9.17) is 4.74 Å². The Balaban J connectivity index is 1.99. The third-order valence-corrected chi connectivity index (χ3v) is 4.04. The summed E-state index contributed by atoms with van der Waals surface area (Å²) in [7, 11) is 1.67. The van der Waals surface area contributed by atoms with Crippen LogP contribution in [0.5, 0.6) is 5.75 Å². The first-order valence-corrected chi connectivity index (χ1v) is 6.48. The number of hydrogen-bond acceptors (Lipinski definition) is 3. The third kappa shape index (κ3) is 3.01. The molecule has 16 heavy (non-hydrogen) atoms. The molecule has 1 fully saturated rings. The third-order valence-electron chi connectivity index (χ3n) is 2.78. The molecule has 0 N–H and O–H groups in total. The highest BCUT2D eigenvalue weighted by Gasteiger charge is 2.20. The highest BCUT2D eigenvalue weighted by Crippen LogP contribution is 2.33. The van der Waals surface area contributed by atoms with Gasteiger partial charge in [0.15, 0.2) is 0 Å². The summed E-state index contributed by atoms with van der Waals surface area (Å²) >= 11 is 1.80. The molecular weight excluding hydrogens is 220 g/mol. The predicted molar refractivity (Wildman–Crippen MR) is 66.1 cm³/mol. The van der Waals surface area contributed by atoms with E-state index in [0.717, 1.165) is 31.4 Å². The van der Waals surface area contributed by atoms with E-state index in [1.54, 1.807) is 18.9 Å². The lowest BCUT2D eigenvalue weighted by atomic mass is 9.99. The zero-order valence-electron chi connectivity index (χ0n) is 9.44. The van der Waals surface area contributed by atoms with E-state index >= 15 is 0 Å². The SMILES string of the molecule is COc1cccc(S[C@H]2CCCC(=O)C2)c1. The average Bonchev–Trinajstić information content (AvgIpc) is 2.29. The molecule has 1 saturated carbocycles. The first kappa shape index (κ1) is 11.5. The van der Waals surface area contributed by atoms with Crippen LogP contribution in [0, 0.1) is 0 Å². The molecule has 86 valence electrons. The topological polar surface area (TPSA) is 26.3 Å². The van der Waals surface area contributed by atoms with Crippen molar-refractivity contribution in [3.8, 4) is 5.75 Å². The maximum absolute atomic E-state index is 11.3. The van der Waals surface area contributed by atoms with Gasteiger partial charge in [-0.25, -0.2) is 0 Å². The summed E-state index contributed by atoms with van der Waals surface area (Å²) in [4.78, 5) is 12.5. The fourth-order valence-electron chi connectivity index (χ4n) is 1.95. The number of carbonyl (C=O) groups is 1. The van der Waals surface area contributed by atoms with Crippen LogP contribution in [-0.4, -0.2) is 18.1 Å². The summed E-state index contributed by atoms with van der Waals surface area (Å²) in [6.45, 7) is 0. The van der Waals surface area contributed by atoms with Gasteiger partial charge in [0.05, 0.1) is 7.11 Å². The van der Waals surface area contributed by atoms with Crippen molar-refractivity contribution in [2.45, 2.75) is 35.8 Å². The van der Waals surface area contributed by atoms with Crippen molar-refractivity contribution < 1.29 is 9.53 Å². The van der Waals surface area contributed by atoms with Crippen LogP contribution >= 0.6 is 11.8 Å². The molecule has 0 saturated heterocycles. The lowest BCUT2D eigenvalue weighted by molar-refractivity contribution is -0.120. The van der Waals surface area contributed by atoms with E-state index < -0.39 is 0 Å². The summed E-state index contributed by atoms with van der Waals surface area (Å²) in [5.41, 5.74) is 0. The van der Waals surface area contributed by atoms with Crippen molar-refractivity contribution in [3.05, 3.63) is 24.3 Å². The molecule has 0 heterocycles. The van der Waals surface area contributed by atoms with E-state index in [-0.39, 0.29) is 0 Å². The van der Waals surface area contributed by atoms with Gasteiger partial charge in [0, 0.05) is 23.0 Å². The van der Waals surface area contributed by atoms with Gasteiger partial charge in [0.2, 0.25) is 0 Å². The van der Waals surface area contributed by atoms with Gasteiger partial charge in [-0.05, 0) is 31.0 Å². The largest absolute Gasteiger partial charge is 0.497 e. The minimum Gasteiger partial charge on any atom is -0.497 e. The Kier molecular flexibility index (Phi) is 3.88. The zero-order chi connectivity index (χ0) is 11.4. The van der Waals surface area contributed by atoms with Crippen molar-refractivity contribution >= 4 is 17.5 Å². The average molecular weight is 236 g/mol. The molecule has 1 aliphatic rings. The molecule has 0 amide bonds. The molecule has 2 rings (SSSR count). The van der Waals surface area contributed by atoms with E-state index in [0.29, 0.717) is 11.0 Å². The molecule has 1 atom stereocenters. The Morgan fingerprint density at radius 2 is 2.31 bits per heavy atom. The molecule has 1 aromatic rings. The summed E-state index contributed by atoms with van der Waals surface area (Å²) in [6.07, 6.45) is 3.69. The molecule has 0 spiro atoms. The fourth-order valence-corrected chi connectivity index (χ4v) is 3.23. The second-order valence-electron chi connectivity index (χ2n) is 4.05. The summed E-state index contributed by atoms with van der Waals surface area (Å²) in [5.74, 6) is 1.29. The van der Waals surface area contributed by atoms with Crippen LogP contribution in [-0.2, 0) is 4.79 Å². The Morgan fingerprint density at radius 1 is 1.44 bits per heavy atom. The van der Waals surface area contributed by atoms with E-state index in [2.05, 4.69) is 6.07 Å². The maximum Gasteiger partial charge on any atom is 0.134 e. The number of hydrogen-bond donors (Lipinski definition) is 0. The number of Topliss-reactive ketones (excluding diaryl/α,β-unsaturated/α-hetero) is 1. The first-order valence-electron chi connectivity index (χ1n) is 5.60. The molecule has 0 aromatic heterocycles. The van der Waals surface area contributed by atoms with Gasteiger partial charge in [0.25, 0.3) is 0 Å². The van der Waals surface area contributed by atoms with Crippen molar-refractivity contribution in [3.63, 3.8) is 0 Å². The highest BCUT2D eigenvalue weighted by atomic mass is 32.2. The number of ether oxygens (including phenoxy) is 1. The standard InChI is InChI=1S/C13H16O2S/c1-15-11-5-3-7-13(9-11)16-12-6-2-4-10(14)8-12/h3,5,7,9,12H,2,4,6,8H2,1H3/t12-/m0/s1. The molecule has 3 heteroatoms. The second kappa shape index (κ2) is 5.39. The van der Waals surface area contributed by atoms with E-state index in [9.17, 15) is 4.79 Å². The Bertz CT molecular complexity index is 376. The minimum atomic E-state index is 0.409. The molecular formula is C13H16O2S. The number of carbonyl (C=O) groups excluding carboxylic acids is 1. The van der Waals surface area contributed by atoms with Gasteiger partial charge in [-0.15, -0.1) is 11.8 Å². The number of thioether (sulfide) groups is 1. The molecule has 2 nitrogen and oxygen atoms in total. The Hall–Kier alpha value is -0.960. The van der Waals surface area contributed by atoms with Crippen molar-refractivity contribution in [2.24, 2.45) is 0 Å². The van der Waals surface area contributed by atoms with Crippen molar-refractivity contribution in [1.82, 2.24) is 0 Å². The molecule has 0 radical (unpaired) electrons. The van der Waals surface area contributed by atoms with Gasteiger partial charge >= 0.3 is 0 Å². The quantitative estimate of drug-likeness (QED) is 0.805. The lowest BCUT2D eigenvalue weighted by Crippen LogP contribution is -2.16. The fraction of sp³-hybridized carbons (Fsp3) is 0.462. The van der Waals surface area contributed by atoms with Gasteiger partial charge in [0.1, 0.15) is 11.5 Å². The minimum absolute atomic E-state index is 0.409. The van der Waals surface area contributed by atoms with Gasteiger partial charge < -0.3 is 4.74 Å². The lowest BCUT2D eigenvalue weighted by Gasteiger charge is -2.20. The molecule has 0 unspecified atom stereocenters. The second-order valence-corrected chi connectivity index (χ2v) is 5.43. The van der Waals surface area contributed by atoms with Crippen LogP contribution in [0.2, 0.25) is 0 Å². The maximum atomic E-state index is 11.3. The van der Waals surface area contributed by atoms with Crippen LogP contribution in [0.1, 0.15) is 25.7 Å².